The summed E-state index contributed by atoms with van der Waals surface area (Å²) in [6.07, 6.45) is 3.68. The first kappa shape index (κ1) is 15.3. The van der Waals surface area contributed by atoms with Crippen LogP contribution in [0.1, 0.15) is 30.6 Å². The van der Waals surface area contributed by atoms with E-state index in [0.29, 0.717) is 0 Å². The monoisotopic (exact) mass is 299 g/mol. The van der Waals surface area contributed by atoms with Gasteiger partial charge >= 0.3 is 0 Å². The zero-order chi connectivity index (χ0) is 15.4. The highest BCUT2D eigenvalue weighted by atomic mass is 16.5. The Morgan fingerprint density at radius 2 is 2.14 bits per heavy atom. The van der Waals surface area contributed by atoms with Crippen LogP contribution in [0.2, 0.25) is 0 Å². The molecule has 2 N–H and O–H groups in total. The van der Waals surface area contributed by atoms with Gasteiger partial charge in [-0.25, -0.2) is 0 Å². The topological polar surface area (TPSA) is 55.3 Å². The smallest absolute Gasteiger partial charge is 0.151 e. The van der Waals surface area contributed by atoms with Crippen molar-refractivity contribution in [2.45, 2.75) is 32.7 Å². The van der Waals surface area contributed by atoms with Crippen LogP contribution in [0.4, 0.5) is 0 Å². The largest absolute Gasteiger partial charge is 0.359 e. The molecule has 0 saturated carbocycles. The van der Waals surface area contributed by atoms with Crippen LogP contribution < -0.4 is 5.73 Å². The van der Waals surface area contributed by atoms with Crippen molar-refractivity contribution in [1.29, 1.82) is 0 Å². The van der Waals surface area contributed by atoms with Crippen LogP contribution in [0.5, 0.6) is 0 Å². The summed E-state index contributed by atoms with van der Waals surface area (Å²) >= 11 is 0. The summed E-state index contributed by atoms with van der Waals surface area (Å²) in [5, 5.41) is 4.22. The number of benzene rings is 1. The van der Waals surface area contributed by atoms with Crippen LogP contribution in [-0.4, -0.2) is 29.7 Å². The first-order chi connectivity index (χ1) is 10.7. The Morgan fingerprint density at radius 1 is 1.32 bits per heavy atom. The van der Waals surface area contributed by atoms with Crippen molar-refractivity contribution in [3.05, 3.63) is 41.7 Å². The minimum absolute atomic E-state index is 0.734. The van der Waals surface area contributed by atoms with E-state index in [0.717, 1.165) is 55.5 Å². The van der Waals surface area contributed by atoms with E-state index in [4.69, 9.17) is 10.3 Å². The summed E-state index contributed by atoms with van der Waals surface area (Å²) in [5.74, 6) is 1.68. The minimum atomic E-state index is 0.734. The molecule has 1 fully saturated rings. The Kier molecular flexibility index (Phi) is 4.90. The van der Waals surface area contributed by atoms with E-state index < -0.39 is 0 Å². The van der Waals surface area contributed by atoms with E-state index >= 15 is 0 Å². The van der Waals surface area contributed by atoms with Crippen LogP contribution in [0.15, 0.2) is 34.9 Å². The molecular formula is C18H25N3O. The lowest BCUT2D eigenvalue weighted by molar-refractivity contribution is 0.149. The van der Waals surface area contributed by atoms with Crippen LogP contribution in [0.3, 0.4) is 0 Å². The van der Waals surface area contributed by atoms with Crippen molar-refractivity contribution >= 4 is 0 Å². The molecule has 0 bridgehead atoms. The Bertz CT molecular complexity index is 589. The summed E-state index contributed by atoms with van der Waals surface area (Å²) in [6.45, 7) is 5.99. The number of hydrogen-bond acceptors (Lipinski definition) is 4. The maximum absolute atomic E-state index is 5.69. The van der Waals surface area contributed by atoms with Crippen molar-refractivity contribution < 1.29 is 4.52 Å². The molecule has 0 radical (unpaired) electrons. The minimum Gasteiger partial charge on any atom is -0.359 e. The van der Waals surface area contributed by atoms with Crippen LogP contribution in [-0.2, 0) is 6.54 Å². The lowest BCUT2D eigenvalue weighted by atomic mass is 9.95. The van der Waals surface area contributed by atoms with Gasteiger partial charge in [0.1, 0.15) is 5.69 Å². The number of aryl methyl sites for hydroxylation is 1. The van der Waals surface area contributed by atoms with E-state index in [2.05, 4.69) is 47.3 Å². The standard InChI is InChI=1S/C18H25N3O/c1-14-4-6-16(7-5-14)18-11-17(22-20-18)13-21-10-2-3-15(12-21)8-9-19/h4-7,11,15H,2-3,8-10,12-13,19H2,1H3. The number of rotatable bonds is 5. The second kappa shape index (κ2) is 7.07. The fraction of sp³-hybridized carbons (Fsp3) is 0.500. The molecule has 1 atom stereocenters. The van der Waals surface area contributed by atoms with E-state index in [9.17, 15) is 0 Å². The molecule has 0 amide bonds. The van der Waals surface area contributed by atoms with Gasteiger partial charge in [0.15, 0.2) is 5.76 Å². The van der Waals surface area contributed by atoms with E-state index in [1.165, 1.54) is 18.4 Å². The molecule has 2 heterocycles. The Morgan fingerprint density at radius 3 is 2.91 bits per heavy atom. The number of nitrogens with two attached hydrogens (primary N) is 1. The molecule has 0 aliphatic carbocycles. The third-order valence-electron chi connectivity index (χ3n) is 4.46. The number of likely N-dealkylation sites (tertiary alicyclic amines) is 1. The second-order valence-corrected chi connectivity index (χ2v) is 6.37. The van der Waals surface area contributed by atoms with Gasteiger partial charge in [-0.1, -0.05) is 35.0 Å². The highest BCUT2D eigenvalue weighted by molar-refractivity contribution is 5.59. The van der Waals surface area contributed by atoms with Gasteiger partial charge < -0.3 is 10.3 Å². The zero-order valence-corrected chi connectivity index (χ0v) is 13.3. The zero-order valence-electron chi connectivity index (χ0n) is 13.3. The summed E-state index contributed by atoms with van der Waals surface area (Å²) < 4.78 is 5.53. The van der Waals surface area contributed by atoms with Gasteiger partial charge in [0.05, 0.1) is 6.54 Å². The molecule has 3 rings (SSSR count). The second-order valence-electron chi connectivity index (χ2n) is 6.37. The molecule has 4 nitrogen and oxygen atoms in total. The van der Waals surface area contributed by atoms with E-state index in [1.54, 1.807) is 0 Å². The maximum Gasteiger partial charge on any atom is 0.151 e. The summed E-state index contributed by atoms with van der Waals surface area (Å²) in [7, 11) is 0. The Labute approximate surface area is 132 Å². The quantitative estimate of drug-likeness (QED) is 0.921. The number of hydrogen-bond donors (Lipinski definition) is 1. The van der Waals surface area contributed by atoms with Crippen LogP contribution in [0, 0.1) is 12.8 Å². The fourth-order valence-electron chi connectivity index (χ4n) is 3.23. The summed E-state index contributed by atoms with van der Waals surface area (Å²) in [5.41, 5.74) is 8.98. The molecule has 0 spiro atoms. The third-order valence-corrected chi connectivity index (χ3v) is 4.46. The van der Waals surface area contributed by atoms with Crippen LogP contribution in [0.25, 0.3) is 11.3 Å². The molecule has 1 saturated heterocycles. The van der Waals surface area contributed by atoms with Gasteiger partial charge in [-0.3, -0.25) is 4.90 Å². The fourth-order valence-corrected chi connectivity index (χ4v) is 3.23. The highest BCUT2D eigenvalue weighted by Gasteiger charge is 2.20. The van der Waals surface area contributed by atoms with Gasteiger partial charge in [0.25, 0.3) is 0 Å². The molecule has 1 unspecified atom stereocenters. The van der Waals surface area contributed by atoms with Crippen molar-refractivity contribution in [2.24, 2.45) is 11.7 Å². The molecule has 1 aromatic carbocycles. The normalized spacial score (nSPS) is 19.5. The molecule has 22 heavy (non-hydrogen) atoms. The first-order valence-corrected chi connectivity index (χ1v) is 8.19. The first-order valence-electron chi connectivity index (χ1n) is 8.19. The maximum atomic E-state index is 5.69. The van der Waals surface area contributed by atoms with Gasteiger partial charge in [0.2, 0.25) is 0 Å². The Hall–Kier alpha value is -1.65. The molecule has 2 aromatic rings. The lowest BCUT2D eigenvalue weighted by Crippen LogP contribution is -2.35. The summed E-state index contributed by atoms with van der Waals surface area (Å²) in [6, 6.07) is 10.5. The van der Waals surface area contributed by atoms with Gasteiger partial charge in [-0.15, -0.1) is 0 Å². The van der Waals surface area contributed by atoms with Gasteiger partial charge in [-0.2, -0.15) is 0 Å². The predicted octanol–water partition coefficient (Wildman–Crippen LogP) is 3.21. The van der Waals surface area contributed by atoms with Gasteiger partial charge in [0, 0.05) is 18.2 Å². The molecule has 1 aliphatic rings. The van der Waals surface area contributed by atoms with Crippen LogP contribution >= 0.6 is 0 Å². The number of aromatic nitrogens is 1. The predicted molar refractivity (Wildman–Crippen MR) is 88.3 cm³/mol. The molecule has 1 aromatic heterocycles. The SMILES string of the molecule is Cc1ccc(-c2cc(CN3CCCC(CCN)C3)on2)cc1. The van der Waals surface area contributed by atoms with Gasteiger partial charge in [-0.05, 0) is 45.2 Å². The number of piperidine rings is 1. The average Bonchev–Trinajstić information content (AvgIpc) is 2.97. The highest BCUT2D eigenvalue weighted by Crippen LogP contribution is 2.23. The van der Waals surface area contributed by atoms with E-state index in [1.807, 2.05) is 0 Å². The van der Waals surface area contributed by atoms with Crippen molar-refractivity contribution in [1.82, 2.24) is 10.1 Å². The third kappa shape index (κ3) is 3.76. The Balaban J connectivity index is 1.63. The number of nitrogens with zero attached hydrogens (tertiary/aromatic N) is 2. The average molecular weight is 299 g/mol. The molecule has 1 aliphatic heterocycles. The lowest BCUT2D eigenvalue weighted by Gasteiger charge is -2.31. The van der Waals surface area contributed by atoms with Crippen molar-refractivity contribution in [2.75, 3.05) is 19.6 Å². The van der Waals surface area contributed by atoms with E-state index in [-0.39, 0.29) is 0 Å². The molecule has 4 heteroatoms. The van der Waals surface area contributed by atoms with Crippen molar-refractivity contribution in [3.8, 4) is 11.3 Å². The van der Waals surface area contributed by atoms with Crippen molar-refractivity contribution in [3.63, 3.8) is 0 Å². The molecular weight excluding hydrogens is 274 g/mol. The molecule has 118 valence electrons. The summed E-state index contributed by atoms with van der Waals surface area (Å²) in [4.78, 5) is 2.46.